The van der Waals surface area contributed by atoms with Gasteiger partial charge in [-0.2, -0.15) is 0 Å². The van der Waals surface area contributed by atoms with E-state index in [1.165, 1.54) is 22.3 Å². The van der Waals surface area contributed by atoms with Crippen LogP contribution in [0.5, 0.6) is 0 Å². The van der Waals surface area contributed by atoms with Crippen LogP contribution in [0.1, 0.15) is 35.6 Å². The summed E-state index contributed by atoms with van der Waals surface area (Å²) in [7, 11) is 0. The first-order chi connectivity index (χ1) is 10.5. The molecule has 1 atom stereocenters. The molecule has 0 unspecified atom stereocenters. The van der Waals surface area contributed by atoms with Crippen LogP contribution in [0.4, 0.5) is 0 Å². The molecule has 1 aliphatic carbocycles. The van der Waals surface area contributed by atoms with Gasteiger partial charge in [0.15, 0.2) is 0 Å². The van der Waals surface area contributed by atoms with Gasteiger partial charge < -0.3 is 5.73 Å². The normalized spacial score (nSPS) is 21.2. The van der Waals surface area contributed by atoms with Crippen LogP contribution in [0.25, 0.3) is 5.57 Å². The van der Waals surface area contributed by atoms with Crippen LogP contribution < -0.4 is 5.73 Å². The second-order valence-corrected chi connectivity index (χ2v) is 6.60. The third-order valence-electron chi connectivity index (χ3n) is 4.60. The molecule has 0 bridgehead atoms. The first-order valence-corrected chi connectivity index (χ1v) is 7.80. The predicted molar refractivity (Wildman–Crippen MR) is 94.6 cm³/mol. The number of aryl methyl sites for hydroxylation is 2. The van der Waals surface area contributed by atoms with E-state index >= 15 is 0 Å². The second-order valence-electron chi connectivity index (χ2n) is 6.60. The van der Waals surface area contributed by atoms with E-state index in [0.29, 0.717) is 0 Å². The van der Waals surface area contributed by atoms with Crippen molar-refractivity contribution in [1.29, 1.82) is 0 Å². The second kappa shape index (κ2) is 5.49. The summed E-state index contributed by atoms with van der Waals surface area (Å²) in [5.74, 6) is 0. The summed E-state index contributed by atoms with van der Waals surface area (Å²) in [6.07, 6.45) is 5.34. The van der Waals surface area contributed by atoms with Gasteiger partial charge in [-0.1, -0.05) is 78.7 Å². The lowest BCUT2D eigenvalue weighted by atomic mass is 9.74. The molecule has 0 saturated carbocycles. The lowest BCUT2D eigenvalue weighted by Gasteiger charge is -2.31. The molecule has 112 valence electrons. The van der Waals surface area contributed by atoms with Gasteiger partial charge in [0, 0.05) is 23.1 Å². The fourth-order valence-electron chi connectivity index (χ4n) is 3.07. The molecule has 22 heavy (non-hydrogen) atoms. The molecule has 2 N–H and O–H groups in total. The van der Waals surface area contributed by atoms with Gasteiger partial charge in [0.2, 0.25) is 0 Å². The van der Waals surface area contributed by atoms with Crippen molar-refractivity contribution in [3.05, 3.63) is 88.6 Å². The van der Waals surface area contributed by atoms with Crippen molar-refractivity contribution in [2.75, 3.05) is 0 Å². The quantitative estimate of drug-likeness (QED) is 0.837. The molecule has 0 aliphatic heterocycles. The van der Waals surface area contributed by atoms with Gasteiger partial charge in [-0.3, -0.25) is 0 Å². The van der Waals surface area contributed by atoms with E-state index in [2.05, 4.69) is 81.5 Å². The minimum absolute atomic E-state index is 0.0218. The fraction of sp³-hybridized carbons (Fsp3) is 0.238. The van der Waals surface area contributed by atoms with E-state index < -0.39 is 0 Å². The van der Waals surface area contributed by atoms with Crippen LogP contribution in [0.3, 0.4) is 0 Å². The molecule has 0 amide bonds. The zero-order valence-electron chi connectivity index (χ0n) is 13.6. The first-order valence-electron chi connectivity index (χ1n) is 7.80. The summed E-state index contributed by atoms with van der Waals surface area (Å²) in [5.41, 5.74) is 13.6. The van der Waals surface area contributed by atoms with Crippen molar-refractivity contribution in [3.8, 4) is 0 Å². The number of benzene rings is 2. The van der Waals surface area contributed by atoms with Crippen LogP contribution in [-0.4, -0.2) is 0 Å². The number of hydrogen-bond donors (Lipinski definition) is 1. The van der Waals surface area contributed by atoms with E-state index in [9.17, 15) is 0 Å². The smallest absolute Gasteiger partial charge is 0.0172 e. The maximum Gasteiger partial charge on any atom is 0.0172 e. The fourth-order valence-corrected chi connectivity index (χ4v) is 3.07. The van der Waals surface area contributed by atoms with Gasteiger partial charge in [0.1, 0.15) is 0 Å². The highest BCUT2D eigenvalue weighted by Crippen LogP contribution is 2.38. The molecule has 0 saturated heterocycles. The molecule has 2 aromatic rings. The molecule has 2 aromatic carbocycles. The third kappa shape index (κ3) is 2.71. The van der Waals surface area contributed by atoms with Gasteiger partial charge in [-0.25, -0.2) is 0 Å². The topological polar surface area (TPSA) is 26.0 Å². The highest BCUT2D eigenvalue weighted by molar-refractivity contribution is 5.78. The number of nitrogens with two attached hydrogens (primary N) is 1. The Kier molecular flexibility index (Phi) is 3.66. The van der Waals surface area contributed by atoms with Crippen molar-refractivity contribution < 1.29 is 0 Å². The van der Waals surface area contributed by atoms with E-state index in [4.69, 9.17) is 5.73 Å². The Labute approximate surface area is 133 Å². The van der Waals surface area contributed by atoms with E-state index in [-0.39, 0.29) is 5.41 Å². The van der Waals surface area contributed by atoms with E-state index in [0.717, 1.165) is 17.7 Å². The maximum absolute atomic E-state index is 6.42. The number of hydrogen-bond acceptors (Lipinski definition) is 1. The van der Waals surface area contributed by atoms with Crippen LogP contribution in [-0.2, 0) is 5.41 Å². The van der Waals surface area contributed by atoms with Crippen molar-refractivity contribution >= 4 is 5.57 Å². The van der Waals surface area contributed by atoms with Gasteiger partial charge >= 0.3 is 0 Å². The van der Waals surface area contributed by atoms with Crippen LogP contribution in [0.2, 0.25) is 0 Å². The van der Waals surface area contributed by atoms with Gasteiger partial charge in [-0.05, 0) is 25.0 Å². The summed E-state index contributed by atoms with van der Waals surface area (Å²) in [6, 6.07) is 17.3. The lowest BCUT2D eigenvalue weighted by Crippen LogP contribution is -2.25. The Balaban J connectivity index is 1.92. The Morgan fingerprint density at radius 1 is 0.864 bits per heavy atom. The molecule has 0 spiro atoms. The average Bonchev–Trinajstić information content (AvgIpc) is 2.49. The molecule has 0 fully saturated rings. The predicted octanol–water partition coefficient (Wildman–Crippen LogP) is 4.89. The summed E-state index contributed by atoms with van der Waals surface area (Å²) in [4.78, 5) is 0. The molecule has 0 radical (unpaired) electrons. The summed E-state index contributed by atoms with van der Waals surface area (Å²) in [5, 5.41) is 0. The van der Waals surface area contributed by atoms with E-state index in [1.54, 1.807) is 0 Å². The molecule has 3 rings (SSSR count). The zero-order valence-corrected chi connectivity index (χ0v) is 13.6. The highest BCUT2D eigenvalue weighted by atomic mass is 14.6. The summed E-state index contributed by atoms with van der Waals surface area (Å²) >= 11 is 0. The monoisotopic (exact) mass is 289 g/mol. The number of allylic oxidation sites excluding steroid dienone is 4. The summed E-state index contributed by atoms with van der Waals surface area (Å²) < 4.78 is 0. The largest absolute Gasteiger partial charge is 0.402 e. The van der Waals surface area contributed by atoms with Gasteiger partial charge in [-0.15, -0.1) is 0 Å². The van der Waals surface area contributed by atoms with E-state index in [1.807, 2.05) is 0 Å². The Morgan fingerprint density at radius 2 is 1.41 bits per heavy atom. The SMILES string of the molecule is Cc1ccc(C2=C(N)C[C@](C)(c3ccc(C)cc3)C=C2)cc1. The Morgan fingerprint density at radius 3 is 1.95 bits per heavy atom. The lowest BCUT2D eigenvalue weighted by molar-refractivity contribution is 0.579. The zero-order chi connectivity index (χ0) is 15.7. The van der Waals surface area contributed by atoms with Crippen LogP contribution in [0.15, 0.2) is 66.4 Å². The molecule has 0 aromatic heterocycles. The minimum atomic E-state index is -0.0218. The third-order valence-corrected chi connectivity index (χ3v) is 4.60. The molecular formula is C21H23N. The molecule has 1 heteroatoms. The summed E-state index contributed by atoms with van der Waals surface area (Å²) in [6.45, 7) is 6.48. The molecule has 1 nitrogen and oxygen atoms in total. The highest BCUT2D eigenvalue weighted by Gasteiger charge is 2.28. The first kappa shape index (κ1) is 14.6. The van der Waals surface area contributed by atoms with Gasteiger partial charge in [0.25, 0.3) is 0 Å². The standard InChI is InChI=1S/C21H23N/c1-15-4-8-17(9-5-15)19-12-13-21(3,14-20(19)22)18-10-6-16(2)7-11-18/h4-13H,14,22H2,1-3H3/t21-/m1/s1. The van der Waals surface area contributed by atoms with Gasteiger partial charge in [0.05, 0.1) is 0 Å². The Hall–Kier alpha value is -2.28. The number of rotatable bonds is 2. The average molecular weight is 289 g/mol. The Bertz CT molecular complexity index is 732. The van der Waals surface area contributed by atoms with Crippen molar-refractivity contribution in [3.63, 3.8) is 0 Å². The molecular weight excluding hydrogens is 266 g/mol. The van der Waals surface area contributed by atoms with Crippen molar-refractivity contribution in [2.45, 2.75) is 32.6 Å². The maximum atomic E-state index is 6.42. The van der Waals surface area contributed by atoms with Crippen LogP contribution >= 0.6 is 0 Å². The molecule has 1 aliphatic rings. The molecule has 0 heterocycles. The minimum Gasteiger partial charge on any atom is -0.402 e. The van der Waals surface area contributed by atoms with Crippen molar-refractivity contribution in [2.24, 2.45) is 5.73 Å². The van der Waals surface area contributed by atoms with Crippen molar-refractivity contribution in [1.82, 2.24) is 0 Å². The van der Waals surface area contributed by atoms with Crippen LogP contribution in [0, 0.1) is 13.8 Å².